The first kappa shape index (κ1) is 17.3. The Balaban J connectivity index is 2.37. The van der Waals surface area contributed by atoms with Gasteiger partial charge in [0.1, 0.15) is 5.75 Å². The van der Waals surface area contributed by atoms with Crippen molar-refractivity contribution in [2.75, 3.05) is 6.61 Å². The second-order valence-electron chi connectivity index (χ2n) is 6.85. The van der Waals surface area contributed by atoms with Gasteiger partial charge in [-0.1, -0.05) is 64.4 Å². The Bertz CT molecular complexity index is 651. The molecule has 0 bridgehead atoms. The summed E-state index contributed by atoms with van der Waals surface area (Å²) < 4.78 is 5.81. The molecule has 2 aromatic rings. The van der Waals surface area contributed by atoms with Crippen LogP contribution in [-0.2, 0) is 5.41 Å². The van der Waals surface area contributed by atoms with Crippen LogP contribution in [0.15, 0.2) is 48.5 Å². The lowest BCUT2D eigenvalue weighted by atomic mass is 9.81. The van der Waals surface area contributed by atoms with E-state index in [1.807, 2.05) is 48.5 Å². The Morgan fingerprint density at radius 1 is 1.04 bits per heavy atom. The van der Waals surface area contributed by atoms with E-state index in [1.54, 1.807) is 0 Å². The molecule has 2 heteroatoms. The maximum atomic E-state index is 12.8. The number of rotatable bonds is 6. The van der Waals surface area contributed by atoms with Gasteiger partial charge in [-0.2, -0.15) is 0 Å². The Kier molecular flexibility index (Phi) is 5.59. The van der Waals surface area contributed by atoms with Gasteiger partial charge in [-0.25, -0.2) is 0 Å². The van der Waals surface area contributed by atoms with Gasteiger partial charge in [-0.3, -0.25) is 4.79 Å². The molecule has 0 aliphatic carbocycles. The third-order valence-electron chi connectivity index (χ3n) is 3.85. The molecule has 0 spiro atoms. The summed E-state index contributed by atoms with van der Waals surface area (Å²) in [5.41, 5.74) is 2.38. The van der Waals surface area contributed by atoms with Gasteiger partial charge in [0.15, 0.2) is 5.78 Å². The summed E-state index contributed by atoms with van der Waals surface area (Å²) in [7, 11) is 0. The molecule has 2 aromatic carbocycles. The molecular formula is C21H26O2. The zero-order chi connectivity index (χ0) is 16.9. The Morgan fingerprint density at radius 2 is 1.74 bits per heavy atom. The molecule has 0 saturated heterocycles. The fraction of sp³-hybridized carbons (Fsp3) is 0.381. The SMILES string of the molecule is CCCCOc1ccc(C(=O)c2ccccc2)c(C(C)(C)C)c1. The van der Waals surface area contributed by atoms with Crippen molar-refractivity contribution in [1.82, 2.24) is 0 Å². The molecule has 0 fully saturated rings. The van der Waals surface area contributed by atoms with E-state index in [0.29, 0.717) is 6.61 Å². The summed E-state index contributed by atoms with van der Waals surface area (Å²) in [5, 5.41) is 0. The smallest absolute Gasteiger partial charge is 0.193 e. The van der Waals surface area contributed by atoms with Crippen molar-refractivity contribution >= 4 is 5.78 Å². The molecule has 0 aliphatic rings. The molecule has 0 unspecified atom stereocenters. The van der Waals surface area contributed by atoms with Gasteiger partial charge in [-0.05, 0) is 35.6 Å². The van der Waals surface area contributed by atoms with E-state index in [2.05, 4.69) is 27.7 Å². The number of ether oxygens (including phenoxy) is 1. The predicted octanol–water partition coefficient (Wildman–Crippen LogP) is 5.39. The van der Waals surface area contributed by atoms with Gasteiger partial charge in [0.05, 0.1) is 6.61 Å². The van der Waals surface area contributed by atoms with E-state index in [4.69, 9.17) is 4.74 Å². The summed E-state index contributed by atoms with van der Waals surface area (Å²) in [6.45, 7) is 9.23. The number of carbonyl (C=O) groups is 1. The zero-order valence-corrected chi connectivity index (χ0v) is 14.6. The first-order valence-electron chi connectivity index (χ1n) is 8.30. The number of hydrogen-bond donors (Lipinski definition) is 0. The predicted molar refractivity (Wildman–Crippen MR) is 95.4 cm³/mol. The maximum absolute atomic E-state index is 12.8. The number of hydrogen-bond acceptors (Lipinski definition) is 2. The van der Waals surface area contributed by atoms with Crippen molar-refractivity contribution in [3.63, 3.8) is 0 Å². The van der Waals surface area contributed by atoms with Crippen LogP contribution in [0.25, 0.3) is 0 Å². The average molecular weight is 310 g/mol. The first-order chi connectivity index (χ1) is 10.9. The minimum Gasteiger partial charge on any atom is -0.494 e. The molecule has 0 atom stereocenters. The van der Waals surface area contributed by atoms with Gasteiger partial charge >= 0.3 is 0 Å². The van der Waals surface area contributed by atoms with Gasteiger partial charge in [0, 0.05) is 11.1 Å². The quantitative estimate of drug-likeness (QED) is 0.528. The van der Waals surface area contributed by atoms with Crippen LogP contribution in [0.2, 0.25) is 0 Å². The van der Waals surface area contributed by atoms with E-state index < -0.39 is 0 Å². The van der Waals surface area contributed by atoms with Gasteiger partial charge in [0.2, 0.25) is 0 Å². The Labute approximate surface area is 139 Å². The third-order valence-corrected chi connectivity index (χ3v) is 3.85. The molecule has 0 aliphatic heterocycles. The average Bonchev–Trinajstić information content (AvgIpc) is 2.54. The summed E-state index contributed by atoms with van der Waals surface area (Å²) in [5.74, 6) is 0.906. The van der Waals surface area contributed by atoms with E-state index in [1.165, 1.54) is 0 Å². The van der Waals surface area contributed by atoms with Crippen LogP contribution in [0.5, 0.6) is 5.75 Å². The Hall–Kier alpha value is -2.09. The molecule has 0 N–H and O–H groups in total. The van der Waals surface area contributed by atoms with E-state index in [-0.39, 0.29) is 11.2 Å². The van der Waals surface area contributed by atoms with Crippen molar-refractivity contribution in [3.05, 3.63) is 65.2 Å². The number of ketones is 1. The lowest BCUT2D eigenvalue weighted by Gasteiger charge is -2.23. The summed E-state index contributed by atoms with van der Waals surface area (Å²) in [4.78, 5) is 12.8. The molecule has 0 aromatic heterocycles. The third kappa shape index (κ3) is 4.44. The largest absolute Gasteiger partial charge is 0.494 e. The van der Waals surface area contributed by atoms with Crippen LogP contribution in [0.4, 0.5) is 0 Å². The van der Waals surface area contributed by atoms with Crippen molar-refractivity contribution in [3.8, 4) is 5.75 Å². The standard InChI is InChI=1S/C21H26O2/c1-5-6-14-23-17-12-13-18(19(15-17)21(2,3)4)20(22)16-10-8-7-9-11-16/h7-13,15H,5-6,14H2,1-4H3. The number of benzene rings is 2. The van der Waals surface area contributed by atoms with E-state index in [0.717, 1.165) is 35.3 Å². The second kappa shape index (κ2) is 7.45. The zero-order valence-electron chi connectivity index (χ0n) is 14.6. The minimum absolute atomic E-state index is 0.0654. The summed E-state index contributed by atoms with van der Waals surface area (Å²) >= 11 is 0. The Morgan fingerprint density at radius 3 is 2.35 bits per heavy atom. The highest BCUT2D eigenvalue weighted by atomic mass is 16.5. The van der Waals surface area contributed by atoms with Crippen molar-refractivity contribution < 1.29 is 9.53 Å². The van der Waals surface area contributed by atoms with E-state index >= 15 is 0 Å². The molecular weight excluding hydrogens is 284 g/mol. The van der Waals surface area contributed by atoms with Crippen LogP contribution >= 0.6 is 0 Å². The maximum Gasteiger partial charge on any atom is 0.193 e. The van der Waals surface area contributed by atoms with Gasteiger partial charge in [-0.15, -0.1) is 0 Å². The number of carbonyl (C=O) groups excluding carboxylic acids is 1. The van der Waals surface area contributed by atoms with Gasteiger partial charge in [0.25, 0.3) is 0 Å². The minimum atomic E-state index is -0.121. The van der Waals surface area contributed by atoms with Crippen LogP contribution in [-0.4, -0.2) is 12.4 Å². The summed E-state index contributed by atoms with van der Waals surface area (Å²) in [6.07, 6.45) is 2.15. The molecule has 2 rings (SSSR count). The molecule has 0 amide bonds. The van der Waals surface area contributed by atoms with Crippen LogP contribution in [0, 0.1) is 0 Å². The highest BCUT2D eigenvalue weighted by molar-refractivity contribution is 6.10. The normalized spacial score (nSPS) is 11.3. The highest BCUT2D eigenvalue weighted by Crippen LogP contribution is 2.31. The lowest BCUT2D eigenvalue weighted by molar-refractivity contribution is 0.103. The number of unbranched alkanes of at least 4 members (excludes halogenated alkanes) is 1. The van der Waals surface area contributed by atoms with Crippen LogP contribution in [0.3, 0.4) is 0 Å². The van der Waals surface area contributed by atoms with Gasteiger partial charge < -0.3 is 4.74 Å². The molecule has 23 heavy (non-hydrogen) atoms. The molecule has 0 radical (unpaired) electrons. The topological polar surface area (TPSA) is 26.3 Å². The fourth-order valence-corrected chi connectivity index (χ4v) is 2.51. The summed E-state index contributed by atoms with van der Waals surface area (Å²) in [6, 6.07) is 15.3. The second-order valence-corrected chi connectivity index (χ2v) is 6.85. The molecule has 0 heterocycles. The molecule has 0 saturated carbocycles. The fourth-order valence-electron chi connectivity index (χ4n) is 2.51. The van der Waals surface area contributed by atoms with Crippen molar-refractivity contribution in [1.29, 1.82) is 0 Å². The van der Waals surface area contributed by atoms with Crippen LogP contribution in [0.1, 0.15) is 62.0 Å². The molecule has 2 nitrogen and oxygen atoms in total. The van der Waals surface area contributed by atoms with Crippen LogP contribution < -0.4 is 4.74 Å². The lowest BCUT2D eigenvalue weighted by Crippen LogP contribution is -2.18. The van der Waals surface area contributed by atoms with Crippen molar-refractivity contribution in [2.45, 2.75) is 46.0 Å². The highest BCUT2D eigenvalue weighted by Gasteiger charge is 2.23. The monoisotopic (exact) mass is 310 g/mol. The molecule has 122 valence electrons. The van der Waals surface area contributed by atoms with Crippen molar-refractivity contribution in [2.24, 2.45) is 0 Å². The first-order valence-corrected chi connectivity index (χ1v) is 8.30. The van der Waals surface area contributed by atoms with E-state index in [9.17, 15) is 4.79 Å².